The maximum Gasteiger partial charge on any atom is 0.348 e. The third-order valence-corrected chi connectivity index (χ3v) is 6.05. The topological polar surface area (TPSA) is 51.3 Å². The van der Waals surface area contributed by atoms with E-state index in [-0.39, 0.29) is 0 Å². The van der Waals surface area contributed by atoms with Crippen molar-refractivity contribution in [3.63, 3.8) is 0 Å². The van der Waals surface area contributed by atoms with Crippen LogP contribution in [0.3, 0.4) is 0 Å². The summed E-state index contributed by atoms with van der Waals surface area (Å²) in [5.74, 6) is 0. The monoisotopic (exact) mass is 452 g/mol. The second-order valence-electron chi connectivity index (χ2n) is 9.24. The number of aryl methyl sites for hydroxylation is 7. The van der Waals surface area contributed by atoms with E-state index in [1.54, 1.807) is 0 Å². The van der Waals surface area contributed by atoms with Crippen LogP contribution in [0.25, 0.3) is 11.4 Å². The van der Waals surface area contributed by atoms with Gasteiger partial charge in [0.15, 0.2) is 0 Å². The zero-order valence-electron chi connectivity index (χ0n) is 21.0. The van der Waals surface area contributed by atoms with Gasteiger partial charge in [-0.25, -0.2) is 4.79 Å². The van der Waals surface area contributed by atoms with Gasteiger partial charge in [-0.3, -0.25) is 9.13 Å². The maximum absolute atomic E-state index is 13.1. The van der Waals surface area contributed by atoms with Gasteiger partial charge in [-0.05, 0) is 82.9 Å². The molecule has 174 valence electrons. The van der Waals surface area contributed by atoms with E-state index >= 15 is 0 Å². The zero-order valence-corrected chi connectivity index (χ0v) is 21.0. The highest BCUT2D eigenvalue weighted by molar-refractivity contribution is 5.89. The average molecular weight is 453 g/mol. The summed E-state index contributed by atoms with van der Waals surface area (Å²) in [6, 6.07) is 15.9. The van der Waals surface area contributed by atoms with Crippen molar-refractivity contribution in [3.8, 4) is 11.4 Å². The first-order valence-corrected chi connectivity index (χ1v) is 11.5. The van der Waals surface area contributed by atoms with Crippen LogP contribution >= 0.6 is 0 Å². The Balaban J connectivity index is 1.94. The summed E-state index contributed by atoms with van der Waals surface area (Å²) in [5, 5.41) is 2.91. The predicted molar refractivity (Wildman–Crippen MR) is 139 cm³/mol. The lowest BCUT2D eigenvalue weighted by Gasteiger charge is -2.15. The van der Waals surface area contributed by atoms with Gasteiger partial charge in [0.1, 0.15) is 0 Å². The summed E-state index contributed by atoms with van der Waals surface area (Å²) in [6.45, 7) is 14.6. The summed E-state index contributed by atoms with van der Waals surface area (Å²) in [6.07, 6.45) is 3.97. The smallest absolute Gasteiger partial charge is 0.306 e. The lowest BCUT2D eigenvalue weighted by molar-refractivity contribution is 0.258. The second-order valence-corrected chi connectivity index (χ2v) is 9.24. The van der Waals surface area contributed by atoms with Crippen molar-refractivity contribution in [2.24, 2.45) is 4.99 Å². The molecule has 2 amide bonds. The van der Waals surface area contributed by atoms with Crippen molar-refractivity contribution in [1.82, 2.24) is 9.13 Å². The number of carbonyl (C=O) groups excluding carboxylic acids is 1. The number of nitrogens with one attached hydrogen (secondary N) is 1. The van der Waals surface area contributed by atoms with Crippen molar-refractivity contribution in [2.75, 3.05) is 5.32 Å². The van der Waals surface area contributed by atoms with E-state index in [1.165, 1.54) is 11.1 Å². The molecule has 5 heteroatoms. The number of anilines is 1. The molecule has 0 atom stereocenters. The highest BCUT2D eigenvalue weighted by Gasteiger charge is 2.15. The molecular weight excluding hydrogens is 420 g/mol. The first-order chi connectivity index (χ1) is 16.1. The molecule has 1 heterocycles. The average Bonchev–Trinajstić information content (AvgIpc) is 3.11. The molecule has 4 rings (SSSR count). The SMILES string of the molecule is Cc1ccc(NC(=O)N=c2n(-c3c(C)cc(C)cc3C)ccn2-c2c(C)cc(C)cc2C)cc1. The minimum Gasteiger partial charge on any atom is -0.306 e. The lowest BCUT2D eigenvalue weighted by Crippen LogP contribution is -2.28. The van der Waals surface area contributed by atoms with Crippen LogP contribution in [0, 0.1) is 48.5 Å². The zero-order chi connectivity index (χ0) is 24.6. The number of nitrogens with zero attached hydrogens (tertiary/aromatic N) is 3. The fourth-order valence-electron chi connectivity index (χ4n) is 4.82. The maximum atomic E-state index is 13.1. The van der Waals surface area contributed by atoms with Crippen LogP contribution in [-0.2, 0) is 0 Å². The number of rotatable bonds is 3. The molecule has 1 N–H and O–H groups in total. The minimum atomic E-state index is -0.414. The van der Waals surface area contributed by atoms with Crippen molar-refractivity contribution < 1.29 is 4.79 Å². The van der Waals surface area contributed by atoms with Gasteiger partial charge in [-0.15, -0.1) is 0 Å². The van der Waals surface area contributed by atoms with Crippen LogP contribution in [0.1, 0.15) is 38.9 Å². The van der Waals surface area contributed by atoms with Crippen molar-refractivity contribution in [1.29, 1.82) is 0 Å². The third kappa shape index (κ3) is 4.60. The Hall–Kier alpha value is -3.86. The van der Waals surface area contributed by atoms with E-state index in [0.717, 1.165) is 44.9 Å². The third-order valence-electron chi connectivity index (χ3n) is 6.05. The number of carbonyl (C=O) groups is 1. The molecule has 3 aromatic carbocycles. The van der Waals surface area contributed by atoms with Gasteiger partial charge in [0.05, 0.1) is 11.4 Å². The van der Waals surface area contributed by atoms with Crippen LogP contribution in [-0.4, -0.2) is 15.2 Å². The Morgan fingerprint density at radius 3 is 1.47 bits per heavy atom. The Morgan fingerprint density at radius 1 is 0.647 bits per heavy atom. The van der Waals surface area contributed by atoms with Crippen LogP contribution in [0.15, 0.2) is 65.9 Å². The Labute approximate surface area is 201 Å². The molecule has 1 aromatic heterocycles. The summed E-state index contributed by atoms with van der Waals surface area (Å²) in [5.41, 5.74) is 11.4. The molecule has 0 fully saturated rings. The fraction of sp³-hybridized carbons (Fsp3) is 0.241. The van der Waals surface area contributed by atoms with E-state index in [4.69, 9.17) is 0 Å². The van der Waals surface area contributed by atoms with Crippen LogP contribution in [0.2, 0.25) is 0 Å². The molecular formula is C29H32N4O. The van der Waals surface area contributed by atoms with Crippen molar-refractivity contribution >= 4 is 11.7 Å². The molecule has 0 unspecified atom stereocenters. The van der Waals surface area contributed by atoms with Crippen LogP contribution < -0.4 is 10.9 Å². The molecule has 0 saturated heterocycles. The summed E-state index contributed by atoms with van der Waals surface area (Å²) >= 11 is 0. The van der Waals surface area contributed by atoms with E-state index in [2.05, 4.69) is 76.1 Å². The quantitative estimate of drug-likeness (QED) is 0.376. The number of imidazole rings is 1. The van der Waals surface area contributed by atoms with Gasteiger partial charge in [0, 0.05) is 18.1 Å². The Bertz CT molecular complexity index is 1330. The largest absolute Gasteiger partial charge is 0.348 e. The number of aromatic nitrogens is 2. The summed E-state index contributed by atoms with van der Waals surface area (Å²) < 4.78 is 4.02. The number of hydrogen-bond donors (Lipinski definition) is 1. The molecule has 0 radical (unpaired) electrons. The highest BCUT2D eigenvalue weighted by atomic mass is 16.2. The van der Waals surface area contributed by atoms with E-state index < -0.39 is 6.03 Å². The van der Waals surface area contributed by atoms with Gasteiger partial charge in [-0.1, -0.05) is 53.1 Å². The molecule has 0 spiro atoms. The van der Waals surface area contributed by atoms with E-state index in [9.17, 15) is 4.79 Å². The number of benzene rings is 3. The molecule has 5 nitrogen and oxygen atoms in total. The fourth-order valence-corrected chi connectivity index (χ4v) is 4.82. The van der Waals surface area contributed by atoms with Crippen molar-refractivity contribution in [2.45, 2.75) is 48.5 Å². The van der Waals surface area contributed by atoms with Crippen LogP contribution in [0.4, 0.5) is 10.5 Å². The first kappa shape index (κ1) is 23.3. The Morgan fingerprint density at radius 2 is 1.06 bits per heavy atom. The highest BCUT2D eigenvalue weighted by Crippen LogP contribution is 2.23. The second kappa shape index (κ2) is 9.18. The molecule has 0 saturated carbocycles. The van der Waals surface area contributed by atoms with Crippen LogP contribution in [0.5, 0.6) is 0 Å². The Kier molecular flexibility index (Phi) is 6.29. The van der Waals surface area contributed by atoms with Gasteiger partial charge >= 0.3 is 6.03 Å². The normalized spacial score (nSPS) is 10.9. The predicted octanol–water partition coefficient (Wildman–Crippen LogP) is 6.56. The molecule has 4 aromatic rings. The first-order valence-electron chi connectivity index (χ1n) is 11.5. The number of urea groups is 1. The molecule has 0 aliphatic carbocycles. The summed E-state index contributed by atoms with van der Waals surface area (Å²) in [7, 11) is 0. The van der Waals surface area contributed by atoms with Gasteiger partial charge in [0.2, 0.25) is 5.62 Å². The van der Waals surface area contributed by atoms with Gasteiger partial charge < -0.3 is 5.32 Å². The van der Waals surface area contributed by atoms with Gasteiger partial charge in [0.25, 0.3) is 0 Å². The van der Waals surface area contributed by atoms with E-state index in [0.29, 0.717) is 5.62 Å². The minimum absolute atomic E-state index is 0.414. The molecule has 34 heavy (non-hydrogen) atoms. The lowest BCUT2D eigenvalue weighted by atomic mass is 10.0. The molecule has 0 aliphatic heterocycles. The van der Waals surface area contributed by atoms with Gasteiger partial charge in [-0.2, -0.15) is 4.99 Å². The number of amides is 2. The van der Waals surface area contributed by atoms with E-state index in [1.807, 2.05) is 52.7 Å². The standard InChI is InChI=1S/C29H32N4O/c1-18-8-10-25(11-9-18)30-28(34)31-29-32(26-21(4)14-19(2)15-22(26)5)12-13-33(29)27-23(6)16-20(3)17-24(27)7/h8-17H,1-7H3,(H,30,34). The number of hydrogen-bond acceptors (Lipinski definition) is 1. The summed E-state index contributed by atoms with van der Waals surface area (Å²) in [4.78, 5) is 17.6. The molecule has 0 bridgehead atoms. The van der Waals surface area contributed by atoms with Crippen molar-refractivity contribution in [3.05, 3.63) is 105 Å². The molecule has 0 aliphatic rings.